The molecule has 2 rings (SSSR count). The summed E-state index contributed by atoms with van der Waals surface area (Å²) in [5.41, 5.74) is 1.34. The molecule has 0 aromatic heterocycles. The first-order chi connectivity index (χ1) is 9.99. The Morgan fingerprint density at radius 3 is 2.62 bits per heavy atom. The summed E-state index contributed by atoms with van der Waals surface area (Å²) in [6.45, 7) is 5.09. The Bertz CT molecular complexity index is 535. The van der Waals surface area contributed by atoms with Crippen molar-refractivity contribution < 1.29 is 19.4 Å². The second kappa shape index (κ2) is 6.72. The number of aryl methyl sites for hydroxylation is 1. The van der Waals surface area contributed by atoms with E-state index >= 15 is 0 Å². The van der Waals surface area contributed by atoms with Gasteiger partial charge in [-0.2, -0.15) is 0 Å². The average Bonchev–Trinajstić information content (AvgIpc) is 2.49. The van der Waals surface area contributed by atoms with Crippen molar-refractivity contribution in [3.05, 3.63) is 29.3 Å². The topological polar surface area (TPSA) is 75.6 Å². The molecular weight excluding hydrogens is 270 g/mol. The maximum atomic E-state index is 12.3. The van der Waals surface area contributed by atoms with Gasteiger partial charge in [-0.05, 0) is 37.8 Å². The fraction of sp³-hybridized carbons (Fsp3) is 0.500. The van der Waals surface area contributed by atoms with E-state index < -0.39 is 5.97 Å². The van der Waals surface area contributed by atoms with E-state index in [1.807, 2.05) is 13.8 Å². The Morgan fingerprint density at radius 1 is 1.33 bits per heavy atom. The Balaban J connectivity index is 2.10. The molecular formula is C16H21NO4. The quantitative estimate of drug-likeness (QED) is 0.894. The summed E-state index contributed by atoms with van der Waals surface area (Å²) in [4.78, 5) is 23.6. The van der Waals surface area contributed by atoms with Crippen LogP contribution in [0.25, 0.3) is 0 Å². The van der Waals surface area contributed by atoms with Crippen LogP contribution in [0.1, 0.15) is 35.7 Å². The molecule has 1 fully saturated rings. The highest BCUT2D eigenvalue weighted by atomic mass is 16.5. The second-order valence-electron chi connectivity index (χ2n) is 5.58. The van der Waals surface area contributed by atoms with Gasteiger partial charge in [0, 0.05) is 19.1 Å². The molecule has 1 aliphatic rings. The Labute approximate surface area is 124 Å². The number of hydrogen-bond donors (Lipinski definition) is 2. The van der Waals surface area contributed by atoms with Gasteiger partial charge in [-0.15, -0.1) is 0 Å². The van der Waals surface area contributed by atoms with Crippen molar-refractivity contribution in [1.82, 2.24) is 0 Å². The van der Waals surface area contributed by atoms with Crippen LogP contribution in [-0.4, -0.2) is 30.2 Å². The summed E-state index contributed by atoms with van der Waals surface area (Å²) in [7, 11) is 0. The fourth-order valence-electron chi connectivity index (χ4n) is 2.62. The van der Waals surface area contributed by atoms with Gasteiger partial charge in [0.15, 0.2) is 0 Å². The van der Waals surface area contributed by atoms with Gasteiger partial charge in [-0.1, -0.05) is 18.6 Å². The van der Waals surface area contributed by atoms with Crippen LogP contribution in [0, 0.1) is 18.8 Å². The van der Waals surface area contributed by atoms with Gasteiger partial charge in [0.1, 0.15) is 0 Å². The molecule has 1 heterocycles. The number of anilines is 1. The van der Waals surface area contributed by atoms with Crippen molar-refractivity contribution in [3.8, 4) is 0 Å². The van der Waals surface area contributed by atoms with Gasteiger partial charge in [-0.3, -0.25) is 4.79 Å². The lowest BCUT2D eigenvalue weighted by Crippen LogP contribution is -2.31. The lowest BCUT2D eigenvalue weighted by Gasteiger charge is -2.27. The highest BCUT2D eigenvalue weighted by Crippen LogP contribution is 2.26. The van der Waals surface area contributed by atoms with E-state index in [9.17, 15) is 14.7 Å². The molecule has 0 bridgehead atoms. The van der Waals surface area contributed by atoms with Crippen molar-refractivity contribution in [2.75, 3.05) is 18.5 Å². The van der Waals surface area contributed by atoms with Gasteiger partial charge in [0.2, 0.25) is 5.91 Å². The maximum Gasteiger partial charge on any atom is 0.337 e. The molecule has 1 aromatic carbocycles. The second-order valence-corrected chi connectivity index (χ2v) is 5.58. The summed E-state index contributed by atoms with van der Waals surface area (Å²) < 4.78 is 5.30. The number of ether oxygens (including phenoxy) is 1. The van der Waals surface area contributed by atoms with Gasteiger partial charge < -0.3 is 15.2 Å². The Morgan fingerprint density at radius 2 is 2.00 bits per heavy atom. The minimum atomic E-state index is -1.03. The smallest absolute Gasteiger partial charge is 0.337 e. The molecule has 1 aliphatic heterocycles. The number of rotatable bonds is 4. The molecule has 21 heavy (non-hydrogen) atoms. The molecule has 1 unspecified atom stereocenters. The number of carboxylic acid groups (broad SMARTS) is 1. The summed E-state index contributed by atoms with van der Waals surface area (Å²) in [6, 6.07) is 5.01. The van der Waals surface area contributed by atoms with E-state index in [-0.39, 0.29) is 23.3 Å². The molecule has 0 saturated carbocycles. The standard InChI is InChI=1S/C16H21NO4/c1-10-3-4-14(13(9-10)16(19)20)17-15(18)11(2)12-5-7-21-8-6-12/h3-4,9,11-12H,5-8H2,1-2H3,(H,17,18)(H,19,20). The molecule has 2 N–H and O–H groups in total. The summed E-state index contributed by atoms with van der Waals surface area (Å²) in [5.74, 6) is -1.03. The third kappa shape index (κ3) is 3.82. The van der Waals surface area contributed by atoms with Gasteiger partial charge in [0.05, 0.1) is 11.3 Å². The van der Waals surface area contributed by atoms with Crippen LogP contribution in [0.4, 0.5) is 5.69 Å². The lowest BCUT2D eigenvalue weighted by molar-refractivity contribution is -0.122. The average molecular weight is 291 g/mol. The van der Waals surface area contributed by atoms with Crippen LogP contribution in [0.5, 0.6) is 0 Å². The van der Waals surface area contributed by atoms with Gasteiger partial charge in [-0.25, -0.2) is 4.79 Å². The molecule has 0 radical (unpaired) electrons. The largest absolute Gasteiger partial charge is 0.478 e. The first-order valence-electron chi connectivity index (χ1n) is 7.21. The van der Waals surface area contributed by atoms with E-state index in [2.05, 4.69) is 5.32 Å². The van der Waals surface area contributed by atoms with Gasteiger partial charge in [0.25, 0.3) is 0 Å². The third-order valence-corrected chi connectivity index (χ3v) is 4.05. The van der Waals surface area contributed by atoms with Crippen molar-refractivity contribution in [3.63, 3.8) is 0 Å². The summed E-state index contributed by atoms with van der Waals surface area (Å²) >= 11 is 0. The molecule has 1 aromatic rings. The van der Waals surface area contributed by atoms with Crippen LogP contribution in [0.15, 0.2) is 18.2 Å². The Hall–Kier alpha value is -1.88. The van der Waals surface area contributed by atoms with Crippen LogP contribution in [0.2, 0.25) is 0 Å². The van der Waals surface area contributed by atoms with Crippen molar-refractivity contribution >= 4 is 17.6 Å². The molecule has 0 aliphatic carbocycles. The number of hydrogen-bond acceptors (Lipinski definition) is 3. The highest BCUT2D eigenvalue weighted by Gasteiger charge is 2.26. The number of nitrogens with one attached hydrogen (secondary N) is 1. The molecule has 5 nitrogen and oxygen atoms in total. The van der Waals surface area contributed by atoms with Crippen LogP contribution < -0.4 is 5.32 Å². The third-order valence-electron chi connectivity index (χ3n) is 4.05. The molecule has 5 heteroatoms. The number of benzene rings is 1. The predicted molar refractivity (Wildman–Crippen MR) is 79.5 cm³/mol. The molecule has 1 amide bonds. The maximum absolute atomic E-state index is 12.3. The number of carboxylic acids is 1. The molecule has 1 saturated heterocycles. The molecule has 0 spiro atoms. The first kappa shape index (κ1) is 15.5. The Kier molecular flexibility index (Phi) is 4.96. The van der Waals surface area contributed by atoms with Crippen LogP contribution in [-0.2, 0) is 9.53 Å². The highest BCUT2D eigenvalue weighted by molar-refractivity contribution is 6.01. The number of amides is 1. The van der Waals surface area contributed by atoms with E-state index in [1.165, 1.54) is 0 Å². The zero-order valence-electron chi connectivity index (χ0n) is 12.4. The monoisotopic (exact) mass is 291 g/mol. The van der Waals surface area contributed by atoms with E-state index in [1.54, 1.807) is 18.2 Å². The summed E-state index contributed by atoms with van der Waals surface area (Å²) in [5, 5.41) is 12.0. The zero-order valence-corrected chi connectivity index (χ0v) is 12.4. The minimum absolute atomic E-state index is 0.127. The SMILES string of the molecule is Cc1ccc(NC(=O)C(C)C2CCOCC2)c(C(=O)O)c1. The minimum Gasteiger partial charge on any atom is -0.478 e. The summed E-state index contributed by atoms with van der Waals surface area (Å²) in [6.07, 6.45) is 1.74. The van der Waals surface area contributed by atoms with E-state index in [0.717, 1.165) is 18.4 Å². The lowest BCUT2D eigenvalue weighted by atomic mass is 9.86. The first-order valence-corrected chi connectivity index (χ1v) is 7.21. The van der Waals surface area contributed by atoms with Crippen molar-refractivity contribution in [2.24, 2.45) is 11.8 Å². The number of carbonyl (C=O) groups is 2. The van der Waals surface area contributed by atoms with Crippen LogP contribution >= 0.6 is 0 Å². The molecule has 114 valence electrons. The number of carbonyl (C=O) groups excluding carboxylic acids is 1. The van der Waals surface area contributed by atoms with E-state index in [0.29, 0.717) is 18.9 Å². The zero-order chi connectivity index (χ0) is 15.4. The van der Waals surface area contributed by atoms with E-state index in [4.69, 9.17) is 4.74 Å². The normalized spacial score (nSPS) is 17.2. The van der Waals surface area contributed by atoms with Crippen molar-refractivity contribution in [2.45, 2.75) is 26.7 Å². The number of aromatic carboxylic acids is 1. The molecule has 1 atom stereocenters. The fourth-order valence-corrected chi connectivity index (χ4v) is 2.62. The van der Waals surface area contributed by atoms with Crippen LogP contribution in [0.3, 0.4) is 0 Å². The van der Waals surface area contributed by atoms with Gasteiger partial charge >= 0.3 is 5.97 Å². The van der Waals surface area contributed by atoms with Crippen molar-refractivity contribution in [1.29, 1.82) is 0 Å². The predicted octanol–water partition coefficient (Wildman–Crippen LogP) is 2.69.